The van der Waals surface area contributed by atoms with Crippen LogP contribution >= 0.6 is 0 Å². The number of carbonyl (C=O) groups excluding carboxylic acids is 1. The number of nitrogens with one attached hydrogen (secondary N) is 1. The van der Waals surface area contributed by atoms with Crippen molar-refractivity contribution < 1.29 is 14.3 Å². The number of benzene rings is 1. The molecule has 5 heteroatoms. The minimum absolute atomic E-state index is 0.116. The number of likely N-dealkylation sites (tertiary alicyclic amines) is 1. The van der Waals surface area contributed by atoms with Crippen LogP contribution in [0.15, 0.2) is 24.3 Å². The molecule has 1 aliphatic rings. The number of rotatable bonds is 9. The summed E-state index contributed by atoms with van der Waals surface area (Å²) in [7, 11) is 1.58. The van der Waals surface area contributed by atoms with Crippen molar-refractivity contribution in [3.63, 3.8) is 0 Å². The van der Waals surface area contributed by atoms with Crippen LogP contribution in [0.5, 0.6) is 5.75 Å². The van der Waals surface area contributed by atoms with Gasteiger partial charge in [0.25, 0.3) is 5.91 Å². The molecule has 2 rings (SSSR count). The molecule has 0 bridgehead atoms. The van der Waals surface area contributed by atoms with E-state index in [1.54, 1.807) is 7.11 Å². The van der Waals surface area contributed by atoms with Gasteiger partial charge in [0.15, 0.2) is 0 Å². The minimum Gasteiger partial charge on any atom is -0.492 e. The summed E-state index contributed by atoms with van der Waals surface area (Å²) in [6.07, 6.45) is 4.20. The zero-order valence-electron chi connectivity index (χ0n) is 16.7. The molecule has 1 aliphatic heterocycles. The summed E-state index contributed by atoms with van der Waals surface area (Å²) in [6, 6.07) is 7.55. The van der Waals surface area contributed by atoms with Gasteiger partial charge in [0.05, 0.1) is 0 Å². The van der Waals surface area contributed by atoms with E-state index in [0.717, 1.165) is 30.3 Å². The zero-order valence-corrected chi connectivity index (χ0v) is 16.7. The van der Waals surface area contributed by atoms with Crippen LogP contribution in [0.3, 0.4) is 0 Å². The Morgan fingerprint density at radius 3 is 2.69 bits per heavy atom. The summed E-state index contributed by atoms with van der Waals surface area (Å²) < 4.78 is 11.3. The summed E-state index contributed by atoms with van der Waals surface area (Å²) in [5.74, 6) is 1.50. The van der Waals surface area contributed by atoms with E-state index in [2.05, 4.69) is 17.1 Å². The molecule has 1 aromatic carbocycles. The molecule has 146 valence electrons. The van der Waals surface area contributed by atoms with Crippen molar-refractivity contribution in [3.05, 3.63) is 24.3 Å². The van der Waals surface area contributed by atoms with Crippen LogP contribution < -0.4 is 10.1 Å². The molecule has 2 atom stereocenters. The van der Waals surface area contributed by atoms with Crippen molar-refractivity contribution in [1.82, 2.24) is 4.90 Å². The van der Waals surface area contributed by atoms with Crippen LogP contribution in [-0.4, -0.2) is 49.8 Å². The second-order valence-electron chi connectivity index (χ2n) is 7.56. The monoisotopic (exact) mass is 362 g/mol. The lowest BCUT2D eigenvalue weighted by atomic mass is 9.99. The maximum absolute atomic E-state index is 12.4. The molecule has 0 aromatic heterocycles. The number of amides is 1. The van der Waals surface area contributed by atoms with E-state index in [-0.39, 0.29) is 5.91 Å². The number of ether oxygens (including phenoxy) is 2. The fourth-order valence-electron chi connectivity index (χ4n) is 3.47. The van der Waals surface area contributed by atoms with E-state index >= 15 is 0 Å². The van der Waals surface area contributed by atoms with E-state index in [9.17, 15) is 4.79 Å². The molecule has 1 saturated heterocycles. The van der Waals surface area contributed by atoms with Gasteiger partial charge in [-0.05, 0) is 62.9 Å². The number of piperidine rings is 1. The SMILES string of the molecule is CCCC(C)(OC)C(=O)Nc1ccc(OCCN2CCCC(C)C2)cc1. The normalized spacial score (nSPS) is 20.4. The average molecular weight is 363 g/mol. The molecule has 0 saturated carbocycles. The highest BCUT2D eigenvalue weighted by Gasteiger charge is 2.32. The van der Waals surface area contributed by atoms with Crippen LogP contribution in [0.1, 0.15) is 46.5 Å². The second kappa shape index (κ2) is 9.93. The first-order valence-corrected chi connectivity index (χ1v) is 9.78. The largest absolute Gasteiger partial charge is 0.492 e. The Hall–Kier alpha value is -1.59. The molecule has 0 radical (unpaired) electrons. The smallest absolute Gasteiger partial charge is 0.256 e. The minimum atomic E-state index is -0.796. The van der Waals surface area contributed by atoms with Gasteiger partial charge >= 0.3 is 0 Å². The van der Waals surface area contributed by atoms with E-state index < -0.39 is 5.60 Å². The van der Waals surface area contributed by atoms with E-state index in [0.29, 0.717) is 13.0 Å². The number of nitrogens with zero attached hydrogens (tertiary/aromatic N) is 1. The number of methoxy groups -OCH3 is 1. The first-order chi connectivity index (χ1) is 12.5. The van der Waals surface area contributed by atoms with E-state index in [1.165, 1.54) is 25.9 Å². The summed E-state index contributed by atoms with van der Waals surface area (Å²) in [6.45, 7) is 10.2. The molecular formula is C21H34N2O3. The van der Waals surface area contributed by atoms with Gasteiger partial charge in [-0.25, -0.2) is 0 Å². The van der Waals surface area contributed by atoms with Crippen LogP contribution in [0.2, 0.25) is 0 Å². The van der Waals surface area contributed by atoms with Crippen LogP contribution in [0.25, 0.3) is 0 Å². The van der Waals surface area contributed by atoms with Crippen molar-refractivity contribution in [3.8, 4) is 5.75 Å². The zero-order chi connectivity index (χ0) is 19.0. The van der Waals surface area contributed by atoms with Gasteiger partial charge in [0.2, 0.25) is 0 Å². The van der Waals surface area contributed by atoms with Crippen molar-refractivity contribution >= 4 is 11.6 Å². The first kappa shape index (κ1) is 20.7. The van der Waals surface area contributed by atoms with Crippen LogP contribution in [0, 0.1) is 5.92 Å². The molecule has 0 aliphatic carbocycles. The fourth-order valence-corrected chi connectivity index (χ4v) is 3.47. The maximum Gasteiger partial charge on any atom is 0.256 e. The van der Waals surface area contributed by atoms with Crippen molar-refractivity contribution in [1.29, 1.82) is 0 Å². The van der Waals surface area contributed by atoms with Crippen LogP contribution in [0.4, 0.5) is 5.69 Å². The molecule has 0 spiro atoms. The third kappa shape index (κ3) is 5.99. The predicted octanol–water partition coefficient (Wildman–Crippen LogP) is 3.94. The third-order valence-corrected chi connectivity index (χ3v) is 5.19. The summed E-state index contributed by atoms with van der Waals surface area (Å²) in [5, 5.41) is 2.93. The molecular weight excluding hydrogens is 328 g/mol. The molecule has 1 amide bonds. The quantitative estimate of drug-likeness (QED) is 0.723. The molecule has 2 unspecified atom stereocenters. The fraction of sp³-hybridized carbons (Fsp3) is 0.667. The topological polar surface area (TPSA) is 50.8 Å². The Bertz CT molecular complexity index is 561. The Labute approximate surface area is 158 Å². The van der Waals surface area contributed by atoms with E-state index in [4.69, 9.17) is 9.47 Å². The van der Waals surface area contributed by atoms with Gasteiger partial charge < -0.3 is 14.8 Å². The lowest BCUT2D eigenvalue weighted by Crippen LogP contribution is -2.41. The Kier molecular flexibility index (Phi) is 7.91. The highest BCUT2D eigenvalue weighted by atomic mass is 16.5. The van der Waals surface area contributed by atoms with E-state index in [1.807, 2.05) is 38.1 Å². The number of hydrogen-bond acceptors (Lipinski definition) is 4. The molecule has 1 N–H and O–H groups in total. The number of hydrogen-bond donors (Lipinski definition) is 1. The molecule has 5 nitrogen and oxygen atoms in total. The number of anilines is 1. The van der Waals surface area contributed by atoms with Gasteiger partial charge in [-0.1, -0.05) is 20.3 Å². The molecule has 1 heterocycles. The lowest BCUT2D eigenvalue weighted by molar-refractivity contribution is -0.136. The second-order valence-corrected chi connectivity index (χ2v) is 7.56. The average Bonchev–Trinajstić information content (AvgIpc) is 2.63. The first-order valence-electron chi connectivity index (χ1n) is 9.78. The number of carbonyl (C=O) groups is 1. The predicted molar refractivity (Wildman–Crippen MR) is 106 cm³/mol. The van der Waals surface area contributed by atoms with Gasteiger partial charge in [-0.3, -0.25) is 9.69 Å². The highest BCUT2D eigenvalue weighted by molar-refractivity contribution is 5.97. The lowest BCUT2D eigenvalue weighted by Gasteiger charge is -2.30. The van der Waals surface area contributed by atoms with Gasteiger partial charge in [0.1, 0.15) is 18.0 Å². The Balaban J connectivity index is 1.79. The highest BCUT2D eigenvalue weighted by Crippen LogP contribution is 2.21. The Morgan fingerprint density at radius 2 is 2.08 bits per heavy atom. The van der Waals surface area contributed by atoms with Crippen molar-refractivity contribution in [2.45, 2.75) is 52.1 Å². The third-order valence-electron chi connectivity index (χ3n) is 5.19. The Morgan fingerprint density at radius 1 is 1.35 bits per heavy atom. The van der Waals surface area contributed by atoms with Gasteiger partial charge in [-0.2, -0.15) is 0 Å². The van der Waals surface area contributed by atoms with Crippen molar-refractivity contribution in [2.24, 2.45) is 5.92 Å². The van der Waals surface area contributed by atoms with Crippen LogP contribution in [-0.2, 0) is 9.53 Å². The molecule has 26 heavy (non-hydrogen) atoms. The summed E-state index contributed by atoms with van der Waals surface area (Å²) >= 11 is 0. The van der Waals surface area contributed by atoms with Crippen molar-refractivity contribution in [2.75, 3.05) is 38.7 Å². The summed E-state index contributed by atoms with van der Waals surface area (Å²) in [5.41, 5.74) is -0.0400. The summed E-state index contributed by atoms with van der Waals surface area (Å²) in [4.78, 5) is 14.9. The van der Waals surface area contributed by atoms with Gasteiger partial charge in [0, 0.05) is 25.9 Å². The maximum atomic E-state index is 12.4. The molecule has 1 aromatic rings. The standard InChI is InChI=1S/C21H34N2O3/c1-5-12-21(3,25-4)20(24)22-18-8-10-19(11-9-18)26-15-14-23-13-6-7-17(2)16-23/h8-11,17H,5-7,12-16H2,1-4H3,(H,22,24). The van der Waals surface area contributed by atoms with Gasteiger partial charge in [-0.15, -0.1) is 0 Å². The molecule has 1 fully saturated rings.